The van der Waals surface area contributed by atoms with Gasteiger partial charge in [0.05, 0.1) is 32.2 Å². The fourth-order valence-electron chi connectivity index (χ4n) is 10.1. The van der Waals surface area contributed by atoms with E-state index in [0.717, 1.165) is 41.3 Å². The summed E-state index contributed by atoms with van der Waals surface area (Å²) in [6.07, 6.45) is 11.8. The highest BCUT2D eigenvalue weighted by Gasteiger charge is 2.46. The molecule has 22 nitrogen and oxygen atoms in total. The van der Waals surface area contributed by atoms with Crippen LogP contribution in [0.3, 0.4) is 0 Å². The molecule has 6 N–H and O–H groups in total. The molecule has 27 heteroatoms. The number of allylic oxidation sites excluding steroid dienone is 6. The molecule has 0 saturated carbocycles. The highest BCUT2D eigenvalue weighted by atomic mass is 32.2. The Kier molecular flexibility index (Phi) is 18.8. The number of carbonyl (C=O) groups excluding carboxylic acids is 1. The summed E-state index contributed by atoms with van der Waals surface area (Å²) in [5, 5.41) is 13.2. The number of aliphatic carboxylic acids is 1. The van der Waals surface area contributed by atoms with Crippen LogP contribution >= 0.6 is 0 Å². The van der Waals surface area contributed by atoms with Crippen LogP contribution in [-0.2, 0) is 66.7 Å². The summed E-state index contributed by atoms with van der Waals surface area (Å²) < 4.78 is 167. The predicted octanol–water partition coefficient (Wildman–Crippen LogP) is 7.27. The van der Waals surface area contributed by atoms with E-state index in [1.165, 1.54) is 24.4 Å². The zero-order valence-corrected chi connectivity index (χ0v) is 47.5. The van der Waals surface area contributed by atoms with E-state index in [0.29, 0.717) is 72.0 Å². The van der Waals surface area contributed by atoms with Gasteiger partial charge in [-0.25, -0.2) is 0 Å². The molecule has 4 aromatic carbocycles. The minimum Gasteiger partial charge on any atom is -0.481 e. The van der Waals surface area contributed by atoms with Crippen LogP contribution in [0.25, 0.3) is 27.1 Å². The van der Waals surface area contributed by atoms with Crippen LogP contribution in [-0.4, -0.2) is 122 Å². The molecule has 0 unspecified atom stereocenters. The molecule has 1 amide bonds. The Bertz CT molecular complexity index is 3980. The van der Waals surface area contributed by atoms with Crippen molar-refractivity contribution < 1.29 is 83.8 Å². The van der Waals surface area contributed by atoms with Crippen molar-refractivity contribution in [3.05, 3.63) is 125 Å². The number of benzene rings is 4. The van der Waals surface area contributed by atoms with Crippen LogP contribution in [0.2, 0.25) is 0 Å². The van der Waals surface area contributed by atoms with Gasteiger partial charge in [0, 0.05) is 77.6 Å². The van der Waals surface area contributed by atoms with Gasteiger partial charge >= 0.3 is 16.6 Å². The van der Waals surface area contributed by atoms with E-state index in [4.69, 9.17) is 22.7 Å². The number of carbonyl (C=O) groups is 2. The fourth-order valence-corrected chi connectivity index (χ4v) is 12.4. The number of carboxylic acids is 1. The molecule has 2 aliphatic heterocycles. The van der Waals surface area contributed by atoms with Gasteiger partial charge in [-0.15, -0.1) is 12.6 Å². The first-order valence-electron chi connectivity index (χ1n) is 24.5. The molecule has 3 heterocycles. The molecule has 0 bridgehead atoms. The summed E-state index contributed by atoms with van der Waals surface area (Å²) >= 11 is 0. The maximum atomic E-state index is 13.3. The van der Waals surface area contributed by atoms with Crippen LogP contribution in [0.5, 0.6) is 0 Å². The molecule has 0 saturated heterocycles. The zero-order chi connectivity index (χ0) is 58.6. The average Bonchev–Trinajstić information content (AvgIpc) is 3.96. The van der Waals surface area contributed by atoms with Crippen LogP contribution in [0, 0.1) is 0 Å². The summed E-state index contributed by atoms with van der Waals surface area (Å²) in [4.78, 5) is 28.8. The predicted molar refractivity (Wildman–Crippen MR) is 294 cm³/mol. The van der Waals surface area contributed by atoms with Crippen LogP contribution < -0.4 is 10.2 Å². The van der Waals surface area contributed by atoms with Crippen molar-refractivity contribution in [2.24, 2.45) is 0 Å². The number of rotatable bonds is 21. The number of anilines is 1. The van der Waals surface area contributed by atoms with Crippen molar-refractivity contribution >= 4 is 107 Å². The molecule has 79 heavy (non-hydrogen) atoms. The topological polar surface area (TPSA) is 354 Å². The number of nitrogens with one attached hydrogen (secondary N) is 1. The van der Waals surface area contributed by atoms with E-state index in [1.54, 1.807) is 55.2 Å². The highest BCUT2D eigenvalue weighted by molar-refractivity contribution is 7.87. The molecule has 0 spiro atoms. The smallest absolute Gasteiger partial charge is 0.425 e. The van der Waals surface area contributed by atoms with Crippen LogP contribution in [0.1, 0.15) is 107 Å². The Labute approximate surface area is 459 Å². The van der Waals surface area contributed by atoms with Gasteiger partial charge in [0.15, 0.2) is 5.71 Å². The van der Waals surface area contributed by atoms with E-state index in [9.17, 15) is 61.5 Å². The lowest BCUT2D eigenvalue weighted by Crippen LogP contribution is -2.28. The van der Waals surface area contributed by atoms with Crippen molar-refractivity contribution in [2.75, 3.05) is 30.3 Å². The summed E-state index contributed by atoms with van der Waals surface area (Å²) in [6.45, 7) is 10.5. The Morgan fingerprint density at radius 2 is 1.39 bits per heavy atom. The largest absolute Gasteiger partial charge is 0.481 e. The lowest BCUT2D eigenvalue weighted by atomic mass is 9.79. The first kappa shape index (κ1) is 61.6. The van der Waals surface area contributed by atoms with Crippen molar-refractivity contribution in [2.45, 2.75) is 105 Å². The lowest BCUT2D eigenvalue weighted by Gasteiger charge is -2.27. The molecule has 0 radical (unpaired) electrons. The number of carboxylic acid groups (broad SMARTS) is 1. The first-order chi connectivity index (χ1) is 36.7. The van der Waals surface area contributed by atoms with E-state index < -0.39 is 89.3 Å². The molecular formula is C52H59N4O18S5+. The van der Waals surface area contributed by atoms with Crippen LogP contribution in [0.15, 0.2) is 118 Å². The number of unbranched alkanes of at least 4 members (excludes halogenated alkanes) is 3. The molecule has 424 valence electrons. The van der Waals surface area contributed by atoms with Crippen molar-refractivity contribution in [3.63, 3.8) is 0 Å². The fraction of sp³-hybridized carbons (Fsp3) is 0.346. The standard InChI is InChI=1S/C52H58N4O15S4.O3S/c1-6-7-26-55-42-21-15-33-13-18-36(73(63,64)65)29-39(33)48(42)51(2,3)45(55)23-16-34(41-20-14-35(32-54-41)50(59)53-25-10-8-9-12-47(57)58)17-24-46-52(4,5)49-40-30-37(74(66,67)68)31-44(75(69,70)71)38(40)19-22-43(49)56(46)27-11-28-72(60,61)62;1-4(2)3/h13-24,29-32H,6-12,25-28H2,1-5H3,(H5-,53,57,58,59,60,61,62,63,64,65,66,67,68,69,70,71);/p+1. The van der Waals surface area contributed by atoms with Crippen molar-refractivity contribution in [3.8, 4) is 0 Å². The van der Waals surface area contributed by atoms with Gasteiger partial charge in [-0.05, 0) is 116 Å². The second-order valence-electron chi connectivity index (χ2n) is 19.8. The summed E-state index contributed by atoms with van der Waals surface area (Å²) in [6, 6.07) is 16.2. The highest BCUT2D eigenvalue weighted by Crippen LogP contribution is 2.52. The minimum atomic E-state index is -5.07. The second kappa shape index (κ2) is 24.0. The number of amides is 1. The number of hydrogen-bond donors (Lipinski definition) is 6. The number of nitrogens with zero attached hydrogens (tertiary/aromatic N) is 3. The van der Waals surface area contributed by atoms with Crippen molar-refractivity contribution in [1.82, 2.24) is 10.3 Å². The SMILES string of the molecule is CCCC[N+]1=C(/C=C/C(=C/C=C2/N(CCCS(=O)(=O)O)c3ccc4c(S(=O)(=O)O)cc(S(=O)(=O)O)cc4c3C2(C)C)c2ccc(C(=O)NCCCCCC(=O)O)cn2)C(C)(C)c2c1ccc1ccc(S(=O)(=O)O)cc21.O=S(=O)=O. The molecule has 7 rings (SSSR count). The molecule has 1 aromatic heterocycles. The third kappa shape index (κ3) is 14.4. The molecule has 5 aromatic rings. The summed E-state index contributed by atoms with van der Waals surface area (Å²) in [5.41, 5.74) is 2.92. The molecule has 0 fully saturated rings. The van der Waals surface area contributed by atoms with Gasteiger partial charge in [0.1, 0.15) is 11.4 Å². The number of fused-ring (bicyclic) bond motifs is 6. The van der Waals surface area contributed by atoms with Gasteiger partial charge in [-0.3, -0.25) is 32.8 Å². The Morgan fingerprint density at radius 3 is 1.99 bits per heavy atom. The third-order valence-corrected chi connectivity index (χ3v) is 17.0. The number of hydrogen-bond acceptors (Lipinski definition) is 15. The normalized spacial score (nSPS) is 15.8. The quantitative estimate of drug-likeness (QED) is 0.0182. The zero-order valence-electron chi connectivity index (χ0n) is 43.4. The maximum absolute atomic E-state index is 13.3. The van der Waals surface area contributed by atoms with Gasteiger partial charge in [-0.2, -0.15) is 38.2 Å². The van der Waals surface area contributed by atoms with Crippen LogP contribution in [0.4, 0.5) is 11.4 Å². The third-order valence-electron chi connectivity index (χ3n) is 13.6. The van der Waals surface area contributed by atoms with Gasteiger partial charge < -0.3 is 15.3 Å². The van der Waals surface area contributed by atoms with E-state index in [-0.39, 0.29) is 40.6 Å². The lowest BCUT2D eigenvalue weighted by molar-refractivity contribution is -0.438. The number of aromatic nitrogens is 1. The monoisotopic (exact) mass is 1190 g/mol. The van der Waals surface area contributed by atoms with E-state index in [2.05, 4.69) is 16.8 Å². The Hall–Kier alpha value is -6.56. The van der Waals surface area contributed by atoms with Gasteiger partial charge in [0.25, 0.3) is 46.4 Å². The average molecular weight is 1190 g/mol. The summed E-state index contributed by atoms with van der Waals surface area (Å²) in [5.74, 6) is -1.93. The molecule has 0 atom stereocenters. The summed E-state index contributed by atoms with van der Waals surface area (Å²) in [7, 11) is -22.2. The first-order valence-corrected chi connectivity index (χ1v) is 31.4. The minimum absolute atomic E-state index is 0.0264. The van der Waals surface area contributed by atoms with E-state index in [1.807, 2.05) is 38.1 Å². The van der Waals surface area contributed by atoms with Gasteiger partial charge in [0.2, 0.25) is 5.69 Å². The van der Waals surface area contributed by atoms with Gasteiger partial charge in [-0.1, -0.05) is 51.8 Å². The second-order valence-corrected chi connectivity index (χ2v) is 26.0. The molecular weight excluding hydrogens is 1130 g/mol. The Morgan fingerprint density at radius 1 is 0.734 bits per heavy atom. The maximum Gasteiger partial charge on any atom is 0.425 e. The van der Waals surface area contributed by atoms with E-state index >= 15 is 0 Å². The number of pyridine rings is 1. The molecule has 2 aliphatic rings. The Balaban J connectivity index is 0.00000243. The van der Waals surface area contributed by atoms with Crippen molar-refractivity contribution in [1.29, 1.82) is 0 Å². The molecule has 0 aliphatic carbocycles.